The number of halogens is 3. The second kappa shape index (κ2) is 9.41. The molecule has 7 nitrogen and oxygen atoms in total. The van der Waals surface area contributed by atoms with Crippen LogP contribution in [0.15, 0.2) is 36.7 Å². The number of aliphatic hydroxyl groups excluding tert-OH is 1. The summed E-state index contributed by atoms with van der Waals surface area (Å²) in [4.78, 5) is 17.1. The molecule has 0 saturated heterocycles. The molecule has 0 bridgehead atoms. The third kappa shape index (κ3) is 4.93. The number of nitrogens with zero attached hydrogens (tertiary/aromatic N) is 4. The minimum atomic E-state index is -1.25. The van der Waals surface area contributed by atoms with E-state index in [2.05, 4.69) is 25.3 Å². The first-order valence-corrected chi connectivity index (χ1v) is 11.2. The van der Waals surface area contributed by atoms with Gasteiger partial charge in [0.15, 0.2) is 11.6 Å². The number of benzene rings is 1. The summed E-state index contributed by atoms with van der Waals surface area (Å²) in [6, 6.07) is 5.05. The van der Waals surface area contributed by atoms with Crippen molar-refractivity contribution in [1.82, 2.24) is 19.9 Å². The van der Waals surface area contributed by atoms with E-state index in [1.54, 1.807) is 33.8 Å². The van der Waals surface area contributed by atoms with E-state index in [1.807, 2.05) is 0 Å². The molecule has 0 radical (unpaired) electrons. The smallest absolute Gasteiger partial charge is 0.159 e. The molecule has 0 saturated carbocycles. The summed E-state index contributed by atoms with van der Waals surface area (Å²) < 4.78 is 29.6. The molecule has 0 amide bonds. The Hall–Kier alpha value is -3.27. The van der Waals surface area contributed by atoms with Gasteiger partial charge in [0.2, 0.25) is 0 Å². The topological polar surface area (TPSA) is 104 Å². The van der Waals surface area contributed by atoms with Crippen LogP contribution >= 0.6 is 11.6 Å². The van der Waals surface area contributed by atoms with Crippen molar-refractivity contribution in [2.24, 2.45) is 0 Å². The van der Waals surface area contributed by atoms with Gasteiger partial charge in [-0.1, -0.05) is 17.7 Å². The zero-order chi connectivity index (χ0) is 25.5. The van der Waals surface area contributed by atoms with Gasteiger partial charge in [-0.15, -0.1) is 0 Å². The number of pyridine rings is 2. The maximum Gasteiger partial charge on any atom is 0.159 e. The number of hydrogen-bond acceptors (Lipinski definition) is 7. The largest absolute Gasteiger partial charge is 0.392 e. The second-order valence-corrected chi connectivity index (χ2v) is 9.19. The molecule has 0 fully saturated rings. The summed E-state index contributed by atoms with van der Waals surface area (Å²) in [7, 11) is 0. The van der Waals surface area contributed by atoms with Crippen molar-refractivity contribution in [3.63, 3.8) is 0 Å². The molecule has 1 atom stereocenters. The molecule has 182 valence electrons. The molecular weight excluding hydrogens is 476 g/mol. The molecule has 0 aliphatic heterocycles. The summed E-state index contributed by atoms with van der Waals surface area (Å²) >= 11 is 6.57. The Labute approximate surface area is 205 Å². The molecule has 0 aliphatic rings. The van der Waals surface area contributed by atoms with Crippen LogP contribution < -0.4 is 5.32 Å². The molecule has 3 N–H and O–H groups in total. The lowest BCUT2D eigenvalue weighted by molar-refractivity contribution is 0.0687. The Morgan fingerprint density at radius 2 is 1.77 bits per heavy atom. The highest BCUT2D eigenvalue weighted by Crippen LogP contribution is 2.36. The first-order valence-electron chi connectivity index (χ1n) is 10.9. The van der Waals surface area contributed by atoms with Gasteiger partial charge in [0.1, 0.15) is 22.6 Å². The Morgan fingerprint density at radius 3 is 2.40 bits per heavy atom. The fourth-order valence-corrected chi connectivity index (χ4v) is 3.87. The molecule has 1 unspecified atom stereocenters. The third-order valence-electron chi connectivity index (χ3n) is 5.56. The molecule has 35 heavy (non-hydrogen) atoms. The highest BCUT2D eigenvalue weighted by Gasteiger charge is 2.22. The first-order chi connectivity index (χ1) is 16.5. The van der Waals surface area contributed by atoms with E-state index in [4.69, 9.17) is 11.6 Å². The van der Waals surface area contributed by atoms with Crippen molar-refractivity contribution in [2.75, 3.05) is 5.32 Å². The van der Waals surface area contributed by atoms with Gasteiger partial charge in [-0.25, -0.2) is 28.7 Å². The predicted octanol–water partition coefficient (Wildman–Crippen LogP) is 5.22. The van der Waals surface area contributed by atoms with Crippen LogP contribution in [-0.4, -0.2) is 30.1 Å². The van der Waals surface area contributed by atoms with Gasteiger partial charge in [-0.05, 0) is 45.4 Å². The predicted molar refractivity (Wildman–Crippen MR) is 130 cm³/mol. The van der Waals surface area contributed by atoms with E-state index in [-0.39, 0.29) is 34.2 Å². The number of aliphatic hydroxyl groups is 2. The number of rotatable bonds is 6. The number of anilines is 1. The van der Waals surface area contributed by atoms with Crippen molar-refractivity contribution in [1.29, 1.82) is 0 Å². The lowest BCUT2D eigenvalue weighted by Crippen LogP contribution is -2.19. The number of hydrogen-bond donors (Lipinski definition) is 3. The second-order valence-electron chi connectivity index (χ2n) is 8.81. The molecule has 3 aromatic heterocycles. The summed E-state index contributed by atoms with van der Waals surface area (Å²) in [5, 5.41) is 23.0. The lowest BCUT2D eigenvalue weighted by Gasteiger charge is -2.20. The van der Waals surface area contributed by atoms with Crippen molar-refractivity contribution in [3.8, 4) is 11.3 Å². The molecule has 3 heterocycles. The number of fused-ring (bicyclic) bond motifs is 1. The summed E-state index contributed by atoms with van der Waals surface area (Å²) in [5.41, 5.74) is 1.28. The Kier molecular flexibility index (Phi) is 6.68. The monoisotopic (exact) mass is 499 g/mol. The molecule has 4 aromatic rings. The average Bonchev–Trinajstić information content (AvgIpc) is 2.81. The molecule has 0 spiro atoms. The van der Waals surface area contributed by atoms with Crippen LogP contribution in [0.4, 0.5) is 14.5 Å². The average molecular weight is 500 g/mol. The van der Waals surface area contributed by atoms with Crippen LogP contribution in [0.1, 0.15) is 49.5 Å². The number of aryl methyl sites for hydroxylation is 1. The maximum absolute atomic E-state index is 15.0. The highest BCUT2D eigenvalue weighted by molar-refractivity contribution is 6.35. The minimum Gasteiger partial charge on any atom is -0.392 e. The van der Waals surface area contributed by atoms with Crippen LogP contribution in [0.3, 0.4) is 0 Å². The Bertz CT molecular complexity index is 1410. The van der Waals surface area contributed by atoms with Gasteiger partial charge < -0.3 is 15.5 Å². The van der Waals surface area contributed by atoms with E-state index in [0.717, 1.165) is 0 Å². The number of aromatic nitrogens is 4. The summed E-state index contributed by atoms with van der Waals surface area (Å²) in [6.07, 6.45) is 2.76. The van der Waals surface area contributed by atoms with Gasteiger partial charge in [0.05, 0.1) is 34.6 Å². The van der Waals surface area contributed by atoms with E-state index < -0.39 is 23.3 Å². The third-order valence-corrected chi connectivity index (χ3v) is 6.02. The van der Waals surface area contributed by atoms with Gasteiger partial charge in [0.25, 0.3) is 0 Å². The maximum atomic E-state index is 15.0. The standard InChI is InChI=1S/C25H24ClF2N5O2/c1-12(16-7-14(11-34)5-6-17(16)27)32-23-20(26)13(2)31-19-8-18(28)21(33-22(19)23)15-9-29-24(30-10-15)25(3,4)35/h5-10,12,34-35H,11H2,1-4H3,(H,31,32). The van der Waals surface area contributed by atoms with Gasteiger partial charge in [-0.3, -0.25) is 0 Å². The van der Waals surface area contributed by atoms with Gasteiger partial charge >= 0.3 is 0 Å². The Balaban J connectivity index is 1.82. The van der Waals surface area contributed by atoms with E-state index in [9.17, 15) is 14.6 Å². The van der Waals surface area contributed by atoms with Crippen LogP contribution in [0.5, 0.6) is 0 Å². The van der Waals surface area contributed by atoms with E-state index in [1.165, 1.54) is 30.6 Å². The fourth-order valence-electron chi connectivity index (χ4n) is 3.68. The van der Waals surface area contributed by atoms with Crippen molar-refractivity contribution < 1.29 is 19.0 Å². The van der Waals surface area contributed by atoms with Crippen molar-refractivity contribution in [3.05, 3.63) is 76.0 Å². The Morgan fingerprint density at radius 1 is 1.09 bits per heavy atom. The molecule has 0 aliphatic carbocycles. The SMILES string of the molecule is Cc1nc2cc(F)c(-c3cnc(C(C)(C)O)nc3)nc2c(NC(C)c2cc(CO)ccc2F)c1Cl. The van der Waals surface area contributed by atoms with Crippen molar-refractivity contribution >= 4 is 28.3 Å². The summed E-state index contributed by atoms with van der Waals surface area (Å²) in [6.45, 7) is 6.29. The highest BCUT2D eigenvalue weighted by atomic mass is 35.5. The zero-order valence-electron chi connectivity index (χ0n) is 19.6. The molecular formula is C25H24ClF2N5O2. The van der Waals surface area contributed by atoms with E-state index >= 15 is 4.39 Å². The minimum absolute atomic E-state index is 0.0225. The van der Waals surface area contributed by atoms with Crippen molar-refractivity contribution in [2.45, 2.75) is 45.9 Å². The fraction of sp³-hybridized carbons (Fsp3) is 0.280. The van der Waals surface area contributed by atoms with Crippen LogP contribution in [0, 0.1) is 18.6 Å². The van der Waals surface area contributed by atoms with E-state index in [0.29, 0.717) is 28.1 Å². The van der Waals surface area contributed by atoms with Gasteiger partial charge in [0, 0.05) is 29.6 Å². The van der Waals surface area contributed by atoms with Crippen LogP contribution in [-0.2, 0) is 12.2 Å². The summed E-state index contributed by atoms with van der Waals surface area (Å²) in [5.74, 6) is -0.893. The quantitative estimate of drug-likeness (QED) is 0.334. The molecule has 10 heteroatoms. The normalized spacial score (nSPS) is 12.7. The molecule has 1 aromatic carbocycles. The number of nitrogens with one attached hydrogen (secondary N) is 1. The first kappa shape index (κ1) is 24.8. The van der Waals surface area contributed by atoms with Crippen LogP contribution in [0.2, 0.25) is 5.02 Å². The zero-order valence-corrected chi connectivity index (χ0v) is 20.3. The van der Waals surface area contributed by atoms with Gasteiger partial charge in [-0.2, -0.15) is 0 Å². The lowest BCUT2D eigenvalue weighted by atomic mass is 10.0. The van der Waals surface area contributed by atoms with Crippen LogP contribution in [0.25, 0.3) is 22.3 Å². The molecule has 4 rings (SSSR count).